The number of fused-ring (bicyclic) bond motifs is 5. The van der Waals surface area contributed by atoms with Crippen molar-refractivity contribution in [1.82, 2.24) is 0 Å². The van der Waals surface area contributed by atoms with Crippen LogP contribution in [0.5, 0.6) is 0 Å². The highest BCUT2D eigenvalue weighted by Crippen LogP contribution is 2.65. The van der Waals surface area contributed by atoms with Gasteiger partial charge in [0.2, 0.25) is 0 Å². The van der Waals surface area contributed by atoms with Crippen molar-refractivity contribution in [3.8, 4) is 12.3 Å². The van der Waals surface area contributed by atoms with Crippen LogP contribution in [-0.4, -0.2) is 28.6 Å². The number of esters is 1. The monoisotopic (exact) mass is 356 g/mol. The number of rotatable bonds is 1. The summed E-state index contributed by atoms with van der Waals surface area (Å²) in [5.41, 5.74) is -0.0924. The molecule has 0 spiro atoms. The van der Waals surface area contributed by atoms with E-state index >= 15 is 0 Å². The van der Waals surface area contributed by atoms with E-state index in [-0.39, 0.29) is 17.2 Å². The standard InChI is InChI=1S/C22H28O4/c1-4-22(26-13(2)23)10-8-19-17-12-20(25)18-11-14(24)5-6-15(18)16(17)7-9-21(19,22)3/h1,11,15-17,19-20,25H,5-10,12H2,2-3H3/t15?,16?,17?,19?,20?,21-,22-/m0/s1. The fourth-order valence-corrected chi connectivity index (χ4v) is 6.86. The molecule has 1 N–H and O–H groups in total. The highest BCUT2D eigenvalue weighted by molar-refractivity contribution is 5.91. The lowest BCUT2D eigenvalue weighted by atomic mass is 9.50. The SMILES string of the molecule is C#C[C@]1(OC(C)=O)CCC2C3CC(O)C4=CC(=O)CCC4C3CC[C@@]21C. The molecular formula is C22H28O4. The minimum absolute atomic E-state index is 0.150. The zero-order valence-electron chi connectivity index (χ0n) is 15.7. The second kappa shape index (κ2) is 5.96. The van der Waals surface area contributed by atoms with Crippen LogP contribution >= 0.6 is 0 Å². The summed E-state index contributed by atoms with van der Waals surface area (Å²) >= 11 is 0. The van der Waals surface area contributed by atoms with Crippen molar-refractivity contribution in [2.75, 3.05) is 0 Å². The van der Waals surface area contributed by atoms with Gasteiger partial charge in [0.15, 0.2) is 11.4 Å². The van der Waals surface area contributed by atoms with E-state index < -0.39 is 11.7 Å². The average Bonchev–Trinajstić information content (AvgIpc) is 2.88. The first-order valence-corrected chi connectivity index (χ1v) is 9.91. The first-order chi connectivity index (χ1) is 12.3. The van der Waals surface area contributed by atoms with E-state index in [1.165, 1.54) is 6.92 Å². The Morgan fingerprint density at radius 2 is 2.08 bits per heavy atom. The second-order valence-corrected chi connectivity index (χ2v) is 9.00. The lowest BCUT2D eigenvalue weighted by Crippen LogP contribution is -2.55. The summed E-state index contributed by atoms with van der Waals surface area (Å²) in [5, 5.41) is 10.8. The number of carbonyl (C=O) groups excluding carboxylic acids is 2. The van der Waals surface area contributed by atoms with Gasteiger partial charge in [0, 0.05) is 18.8 Å². The van der Waals surface area contributed by atoms with Gasteiger partial charge >= 0.3 is 5.97 Å². The van der Waals surface area contributed by atoms with E-state index in [0.717, 1.165) is 31.3 Å². The molecule has 0 radical (unpaired) electrons. The molecule has 4 heteroatoms. The van der Waals surface area contributed by atoms with Crippen molar-refractivity contribution >= 4 is 11.8 Å². The lowest BCUT2D eigenvalue weighted by molar-refractivity contribution is -0.168. The predicted molar refractivity (Wildman–Crippen MR) is 96.8 cm³/mol. The molecule has 0 heterocycles. The highest BCUT2D eigenvalue weighted by atomic mass is 16.6. The van der Waals surface area contributed by atoms with E-state index in [1.807, 2.05) is 0 Å². The number of terminal acetylenes is 1. The van der Waals surface area contributed by atoms with Gasteiger partial charge in [-0.05, 0) is 73.8 Å². The summed E-state index contributed by atoms with van der Waals surface area (Å²) in [6, 6.07) is 0. The van der Waals surface area contributed by atoms with Crippen molar-refractivity contribution in [2.24, 2.45) is 29.1 Å². The highest BCUT2D eigenvalue weighted by Gasteiger charge is 2.64. The Kier molecular flexibility index (Phi) is 4.08. The normalized spacial score (nSPS) is 47.1. The molecule has 140 valence electrons. The molecule has 0 aliphatic heterocycles. The number of hydrogen-bond donors (Lipinski definition) is 1. The molecule has 3 saturated carbocycles. The molecule has 0 aromatic heterocycles. The topological polar surface area (TPSA) is 63.6 Å². The summed E-state index contributed by atoms with van der Waals surface area (Å²) in [7, 11) is 0. The van der Waals surface area contributed by atoms with Crippen molar-refractivity contribution in [3.05, 3.63) is 11.6 Å². The fourth-order valence-electron chi connectivity index (χ4n) is 6.86. The van der Waals surface area contributed by atoms with Gasteiger partial charge in [-0.2, -0.15) is 0 Å². The van der Waals surface area contributed by atoms with Crippen molar-refractivity contribution < 1.29 is 19.4 Å². The fraction of sp³-hybridized carbons (Fsp3) is 0.727. The molecule has 26 heavy (non-hydrogen) atoms. The second-order valence-electron chi connectivity index (χ2n) is 9.00. The van der Waals surface area contributed by atoms with Crippen LogP contribution in [0.3, 0.4) is 0 Å². The van der Waals surface area contributed by atoms with Crippen LogP contribution in [0.1, 0.15) is 58.8 Å². The Bertz CT molecular complexity index is 716. The maximum absolute atomic E-state index is 11.8. The van der Waals surface area contributed by atoms with Crippen LogP contribution < -0.4 is 0 Å². The average molecular weight is 356 g/mol. The zero-order chi connectivity index (χ0) is 18.7. The predicted octanol–water partition coefficient (Wildman–Crippen LogP) is 3.03. The maximum atomic E-state index is 11.8. The maximum Gasteiger partial charge on any atom is 0.304 e. The molecule has 0 saturated heterocycles. The van der Waals surface area contributed by atoms with Crippen molar-refractivity contribution in [3.63, 3.8) is 0 Å². The summed E-state index contributed by atoms with van der Waals surface area (Å²) < 4.78 is 5.75. The molecule has 0 amide bonds. The molecule has 3 fully saturated rings. The Labute approximate surface area is 155 Å². The third kappa shape index (κ3) is 2.33. The summed E-state index contributed by atoms with van der Waals surface area (Å²) in [6.07, 6.45) is 12.8. The Morgan fingerprint density at radius 1 is 1.31 bits per heavy atom. The first-order valence-electron chi connectivity index (χ1n) is 9.91. The molecule has 4 aliphatic rings. The smallest absolute Gasteiger partial charge is 0.304 e. The third-order valence-corrected chi connectivity index (χ3v) is 8.02. The van der Waals surface area contributed by atoms with Gasteiger partial charge in [-0.1, -0.05) is 12.8 Å². The number of ketones is 1. The van der Waals surface area contributed by atoms with Gasteiger partial charge in [-0.3, -0.25) is 9.59 Å². The van der Waals surface area contributed by atoms with Crippen LogP contribution in [0.15, 0.2) is 11.6 Å². The Balaban J connectivity index is 1.68. The van der Waals surface area contributed by atoms with E-state index in [4.69, 9.17) is 11.2 Å². The quantitative estimate of drug-likeness (QED) is 0.579. The Hall–Kier alpha value is -1.60. The molecular weight excluding hydrogens is 328 g/mol. The molecule has 0 bridgehead atoms. The van der Waals surface area contributed by atoms with Crippen LogP contribution in [0, 0.1) is 41.4 Å². The van der Waals surface area contributed by atoms with Gasteiger partial charge in [-0.15, -0.1) is 6.42 Å². The van der Waals surface area contributed by atoms with Crippen molar-refractivity contribution in [2.45, 2.75) is 70.5 Å². The lowest BCUT2D eigenvalue weighted by Gasteiger charge is -2.56. The minimum atomic E-state index is -0.821. The molecule has 7 atom stereocenters. The van der Waals surface area contributed by atoms with Gasteiger partial charge in [0.1, 0.15) is 0 Å². The first kappa shape index (κ1) is 17.8. The van der Waals surface area contributed by atoms with E-state index in [2.05, 4.69) is 12.8 Å². The minimum Gasteiger partial charge on any atom is -0.445 e. The number of ether oxygens (including phenoxy) is 1. The van der Waals surface area contributed by atoms with Gasteiger partial charge < -0.3 is 9.84 Å². The van der Waals surface area contributed by atoms with Gasteiger partial charge in [0.05, 0.1) is 6.10 Å². The number of aliphatic hydroxyl groups excluding tert-OH is 1. The molecule has 0 aromatic carbocycles. The number of carbonyl (C=O) groups is 2. The van der Waals surface area contributed by atoms with Gasteiger partial charge in [0.25, 0.3) is 0 Å². The van der Waals surface area contributed by atoms with Crippen molar-refractivity contribution in [1.29, 1.82) is 0 Å². The molecule has 4 aliphatic carbocycles. The van der Waals surface area contributed by atoms with E-state index in [9.17, 15) is 14.7 Å². The van der Waals surface area contributed by atoms with Gasteiger partial charge in [-0.25, -0.2) is 0 Å². The third-order valence-electron chi connectivity index (χ3n) is 8.02. The van der Waals surface area contributed by atoms with E-state index in [1.54, 1.807) is 6.08 Å². The molecule has 4 rings (SSSR count). The van der Waals surface area contributed by atoms with Crippen LogP contribution in [0.2, 0.25) is 0 Å². The van der Waals surface area contributed by atoms with Crippen LogP contribution in [0.4, 0.5) is 0 Å². The molecule has 5 unspecified atom stereocenters. The summed E-state index contributed by atoms with van der Waals surface area (Å²) in [5.74, 6) is 4.25. The zero-order valence-corrected chi connectivity index (χ0v) is 15.7. The molecule has 0 aromatic rings. The van der Waals surface area contributed by atoms with Crippen LogP contribution in [0.25, 0.3) is 0 Å². The van der Waals surface area contributed by atoms with E-state index in [0.29, 0.717) is 42.9 Å². The number of aliphatic hydroxyl groups is 1. The largest absolute Gasteiger partial charge is 0.445 e. The summed E-state index contributed by atoms with van der Waals surface area (Å²) in [6.45, 7) is 3.62. The Morgan fingerprint density at radius 3 is 2.77 bits per heavy atom. The number of hydrogen-bond acceptors (Lipinski definition) is 4. The molecule has 4 nitrogen and oxygen atoms in total. The summed E-state index contributed by atoms with van der Waals surface area (Å²) in [4.78, 5) is 23.6. The van der Waals surface area contributed by atoms with Crippen LogP contribution in [-0.2, 0) is 14.3 Å².